The van der Waals surface area contributed by atoms with Gasteiger partial charge in [-0.3, -0.25) is 9.48 Å². The molecule has 0 unspecified atom stereocenters. The highest BCUT2D eigenvalue weighted by molar-refractivity contribution is 6.31. The average Bonchev–Trinajstić information content (AvgIpc) is 2.97. The molecule has 0 saturated heterocycles. The lowest BCUT2D eigenvalue weighted by molar-refractivity contribution is 0.0923. The Hall–Kier alpha value is -2.06. The van der Waals surface area contributed by atoms with Crippen molar-refractivity contribution in [2.45, 2.75) is 64.0 Å². The average molecular weight is 359 g/mol. The summed E-state index contributed by atoms with van der Waals surface area (Å²) < 4.78 is 1.86. The number of nitrogens with zero attached hydrogens (tertiary/aromatic N) is 3. The number of aryl methyl sites for hydroxylation is 1. The largest absolute Gasteiger partial charge is 0.348 e. The maximum Gasteiger partial charge on any atom is 0.272 e. The maximum absolute atomic E-state index is 12.8. The van der Waals surface area contributed by atoms with Crippen molar-refractivity contribution in [1.29, 1.82) is 5.26 Å². The Bertz CT molecular complexity index is 787. The summed E-state index contributed by atoms with van der Waals surface area (Å²) >= 11 is 6.14. The molecule has 1 fully saturated rings. The van der Waals surface area contributed by atoms with E-state index in [0.717, 1.165) is 36.6 Å². The molecular weight excluding hydrogens is 336 g/mol. The predicted molar refractivity (Wildman–Crippen MR) is 98.5 cm³/mol. The Morgan fingerprint density at radius 2 is 2.12 bits per heavy atom. The zero-order valence-electron chi connectivity index (χ0n) is 14.3. The van der Waals surface area contributed by atoms with Gasteiger partial charge < -0.3 is 5.32 Å². The van der Waals surface area contributed by atoms with Crippen LogP contribution in [0.3, 0.4) is 0 Å². The van der Waals surface area contributed by atoms with E-state index < -0.39 is 0 Å². The molecule has 1 heterocycles. The number of nitrogens with one attached hydrogen (secondary N) is 1. The molecule has 1 aliphatic rings. The van der Waals surface area contributed by atoms with Crippen molar-refractivity contribution in [1.82, 2.24) is 15.1 Å². The standard InChI is InChI=1S/C19H23ClN4O/c20-14-9-10-17-16(13-14)18(23-24(17)12-6-2-5-11-21)19(25)22-15-7-3-1-4-8-15/h9-10,13,15H,1-8,12H2,(H,22,25). The molecule has 0 atom stereocenters. The molecule has 132 valence electrons. The number of fused-ring (bicyclic) bond motifs is 1. The second kappa shape index (κ2) is 8.35. The Morgan fingerprint density at radius 1 is 1.32 bits per heavy atom. The van der Waals surface area contributed by atoms with Crippen LogP contribution in [0.5, 0.6) is 0 Å². The SMILES string of the molecule is N#CCCCCn1nc(C(=O)NC2CCCCC2)c2cc(Cl)ccc21. The van der Waals surface area contributed by atoms with Gasteiger partial charge in [-0.1, -0.05) is 30.9 Å². The molecule has 25 heavy (non-hydrogen) atoms. The third kappa shape index (κ3) is 4.32. The lowest BCUT2D eigenvalue weighted by Crippen LogP contribution is -2.36. The van der Waals surface area contributed by atoms with E-state index in [1.165, 1.54) is 19.3 Å². The molecule has 6 heteroatoms. The van der Waals surface area contributed by atoms with Crippen molar-refractivity contribution in [3.8, 4) is 6.07 Å². The first-order chi connectivity index (χ1) is 12.2. The van der Waals surface area contributed by atoms with E-state index in [2.05, 4.69) is 16.5 Å². The molecule has 3 rings (SSSR count). The number of rotatable bonds is 6. The van der Waals surface area contributed by atoms with Crippen LogP contribution in [-0.2, 0) is 6.54 Å². The number of unbranched alkanes of at least 4 members (excludes halogenated alkanes) is 2. The Labute approximate surface area is 153 Å². The number of aromatic nitrogens is 2. The number of nitriles is 1. The highest BCUT2D eigenvalue weighted by Crippen LogP contribution is 2.24. The van der Waals surface area contributed by atoms with E-state index in [1.807, 2.05) is 22.9 Å². The van der Waals surface area contributed by atoms with E-state index in [9.17, 15) is 4.79 Å². The molecule has 1 aromatic heterocycles. The molecule has 1 saturated carbocycles. The fraction of sp³-hybridized carbons (Fsp3) is 0.526. The fourth-order valence-electron chi connectivity index (χ4n) is 3.46. The van der Waals surface area contributed by atoms with Gasteiger partial charge in [0.05, 0.1) is 11.6 Å². The van der Waals surface area contributed by atoms with E-state index in [4.69, 9.17) is 16.9 Å². The normalized spacial score (nSPS) is 15.2. The van der Waals surface area contributed by atoms with Crippen LogP contribution in [0.15, 0.2) is 18.2 Å². The summed E-state index contributed by atoms with van der Waals surface area (Å²) in [5.41, 5.74) is 1.36. The minimum absolute atomic E-state index is 0.116. The van der Waals surface area contributed by atoms with Crippen LogP contribution in [0.25, 0.3) is 10.9 Å². The number of amides is 1. The van der Waals surface area contributed by atoms with Crippen LogP contribution in [-0.4, -0.2) is 21.7 Å². The molecule has 1 aromatic carbocycles. The zero-order valence-corrected chi connectivity index (χ0v) is 15.1. The fourth-order valence-corrected chi connectivity index (χ4v) is 3.63. The Balaban J connectivity index is 1.82. The van der Waals surface area contributed by atoms with Gasteiger partial charge in [-0.05, 0) is 43.9 Å². The predicted octanol–water partition coefficient (Wildman–Crippen LogP) is 4.45. The molecule has 1 N–H and O–H groups in total. The monoisotopic (exact) mass is 358 g/mol. The van der Waals surface area contributed by atoms with Gasteiger partial charge in [0.1, 0.15) is 0 Å². The van der Waals surface area contributed by atoms with Crippen molar-refractivity contribution in [2.24, 2.45) is 0 Å². The lowest BCUT2D eigenvalue weighted by Gasteiger charge is -2.22. The third-order valence-corrected chi connectivity index (χ3v) is 5.01. The lowest BCUT2D eigenvalue weighted by atomic mass is 9.95. The van der Waals surface area contributed by atoms with Crippen LogP contribution in [0, 0.1) is 11.3 Å². The van der Waals surface area contributed by atoms with Crippen molar-refractivity contribution < 1.29 is 4.79 Å². The molecule has 1 amide bonds. The number of carbonyl (C=O) groups is 1. The number of hydrogen-bond donors (Lipinski definition) is 1. The first kappa shape index (κ1) is 17.8. The topological polar surface area (TPSA) is 70.7 Å². The minimum Gasteiger partial charge on any atom is -0.348 e. The number of halogens is 1. The molecule has 0 radical (unpaired) electrons. The van der Waals surface area contributed by atoms with Gasteiger partial charge in [-0.2, -0.15) is 10.4 Å². The van der Waals surface area contributed by atoms with Crippen LogP contribution in [0.4, 0.5) is 0 Å². The summed E-state index contributed by atoms with van der Waals surface area (Å²) in [6.45, 7) is 0.691. The van der Waals surface area contributed by atoms with E-state index in [0.29, 0.717) is 23.7 Å². The summed E-state index contributed by atoms with van der Waals surface area (Å²) in [6, 6.07) is 7.94. The molecular formula is C19H23ClN4O. The van der Waals surface area contributed by atoms with Crippen LogP contribution >= 0.6 is 11.6 Å². The second-order valence-corrected chi connectivity index (χ2v) is 7.09. The minimum atomic E-state index is -0.116. The highest BCUT2D eigenvalue weighted by Gasteiger charge is 2.21. The first-order valence-electron chi connectivity index (χ1n) is 9.03. The van der Waals surface area contributed by atoms with E-state index in [1.54, 1.807) is 0 Å². The summed E-state index contributed by atoms with van der Waals surface area (Å²) in [4.78, 5) is 12.8. The van der Waals surface area contributed by atoms with Gasteiger partial charge in [0, 0.05) is 29.4 Å². The van der Waals surface area contributed by atoms with Crippen molar-refractivity contribution in [2.75, 3.05) is 0 Å². The van der Waals surface area contributed by atoms with Gasteiger partial charge in [0.25, 0.3) is 5.91 Å². The number of carbonyl (C=O) groups excluding carboxylic acids is 1. The van der Waals surface area contributed by atoms with Gasteiger partial charge in [-0.15, -0.1) is 0 Å². The van der Waals surface area contributed by atoms with E-state index >= 15 is 0 Å². The summed E-state index contributed by atoms with van der Waals surface area (Å²) in [5.74, 6) is -0.116. The summed E-state index contributed by atoms with van der Waals surface area (Å²) in [7, 11) is 0. The van der Waals surface area contributed by atoms with Crippen LogP contribution < -0.4 is 5.32 Å². The van der Waals surface area contributed by atoms with Crippen molar-refractivity contribution in [3.63, 3.8) is 0 Å². The van der Waals surface area contributed by atoms with Gasteiger partial charge in [0.2, 0.25) is 0 Å². The smallest absolute Gasteiger partial charge is 0.272 e. The van der Waals surface area contributed by atoms with E-state index in [-0.39, 0.29) is 11.9 Å². The molecule has 1 aliphatic carbocycles. The van der Waals surface area contributed by atoms with Gasteiger partial charge in [0.15, 0.2) is 5.69 Å². The summed E-state index contributed by atoms with van der Waals surface area (Å²) in [5, 5.41) is 17.7. The summed E-state index contributed by atoms with van der Waals surface area (Å²) in [6.07, 6.45) is 7.91. The number of hydrogen-bond acceptors (Lipinski definition) is 3. The Morgan fingerprint density at radius 3 is 2.88 bits per heavy atom. The van der Waals surface area contributed by atoms with Crippen LogP contribution in [0.1, 0.15) is 61.9 Å². The third-order valence-electron chi connectivity index (χ3n) is 4.78. The molecule has 5 nitrogen and oxygen atoms in total. The van der Waals surface area contributed by atoms with Gasteiger partial charge >= 0.3 is 0 Å². The quantitative estimate of drug-likeness (QED) is 0.775. The zero-order chi connectivity index (χ0) is 17.6. The maximum atomic E-state index is 12.8. The first-order valence-corrected chi connectivity index (χ1v) is 9.40. The molecule has 0 bridgehead atoms. The Kier molecular flexibility index (Phi) is 5.93. The van der Waals surface area contributed by atoms with Gasteiger partial charge in [-0.25, -0.2) is 0 Å². The molecule has 2 aromatic rings. The van der Waals surface area contributed by atoms with Crippen molar-refractivity contribution >= 4 is 28.4 Å². The second-order valence-electron chi connectivity index (χ2n) is 6.66. The highest BCUT2D eigenvalue weighted by atomic mass is 35.5. The van der Waals surface area contributed by atoms with Crippen molar-refractivity contribution in [3.05, 3.63) is 28.9 Å². The number of benzene rings is 1. The molecule has 0 spiro atoms. The molecule has 0 aliphatic heterocycles. The van der Waals surface area contributed by atoms with Crippen LogP contribution in [0.2, 0.25) is 5.02 Å².